The number of hydrogen-bond donors (Lipinski definition) is 3. The first kappa shape index (κ1) is 14.5. The van der Waals surface area contributed by atoms with Crippen molar-refractivity contribution in [2.45, 2.75) is 44.7 Å². The van der Waals surface area contributed by atoms with Crippen LogP contribution in [0.5, 0.6) is 0 Å². The molecule has 2 unspecified atom stereocenters. The quantitative estimate of drug-likeness (QED) is 0.792. The van der Waals surface area contributed by atoms with E-state index < -0.39 is 0 Å². The molecule has 1 aliphatic heterocycles. The maximum absolute atomic E-state index is 12.6. The van der Waals surface area contributed by atoms with Crippen LogP contribution < -0.4 is 10.6 Å². The maximum Gasteiger partial charge on any atom is 0.251 e. The van der Waals surface area contributed by atoms with E-state index in [1.165, 1.54) is 11.1 Å². The highest BCUT2D eigenvalue weighted by atomic mass is 16.3. The minimum Gasteiger partial charge on any atom is -0.396 e. The van der Waals surface area contributed by atoms with Gasteiger partial charge >= 0.3 is 0 Å². The molecule has 0 radical (unpaired) electrons. The lowest BCUT2D eigenvalue weighted by molar-refractivity contribution is 0.0871. The number of fused-ring (bicyclic) bond motifs is 1. The fraction of sp³-hybridized carbons (Fsp3) is 0.588. The van der Waals surface area contributed by atoms with Gasteiger partial charge in [-0.1, -0.05) is 25.0 Å². The van der Waals surface area contributed by atoms with E-state index in [4.69, 9.17) is 0 Å². The zero-order chi connectivity index (χ0) is 14.7. The van der Waals surface area contributed by atoms with Crippen molar-refractivity contribution in [3.8, 4) is 0 Å². The van der Waals surface area contributed by atoms with Crippen LogP contribution in [0.15, 0.2) is 18.2 Å². The smallest absolute Gasteiger partial charge is 0.251 e. The van der Waals surface area contributed by atoms with Gasteiger partial charge in [-0.3, -0.25) is 4.79 Å². The van der Waals surface area contributed by atoms with Crippen LogP contribution in [0.2, 0.25) is 0 Å². The molecule has 0 bridgehead atoms. The van der Waals surface area contributed by atoms with E-state index in [0.29, 0.717) is 0 Å². The summed E-state index contributed by atoms with van der Waals surface area (Å²) in [5.41, 5.74) is 3.23. The Labute approximate surface area is 125 Å². The van der Waals surface area contributed by atoms with Crippen LogP contribution in [0.1, 0.15) is 47.2 Å². The van der Waals surface area contributed by atoms with Crippen molar-refractivity contribution in [2.75, 3.05) is 13.2 Å². The van der Waals surface area contributed by atoms with Crippen molar-refractivity contribution in [1.82, 2.24) is 10.6 Å². The second-order valence-electron chi connectivity index (χ2n) is 6.18. The molecule has 114 valence electrons. The number of amides is 1. The minimum atomic E-state index is 0.0269. The molecule has 1 fully saturated rings. The van der Waals surface area contributed by atoms with Crippen LogP contribution in [-0.4, -0.2) is 30.2 Å². The van der Waals surface area contributed by atoms with Crippen molar-refractivity contribution in [3.05, 3.63) is 34.9 Å². The number of carbonyl (C=O) groups is 1. The average molecular weight is 288 g/mol. The molecule has 2 aliphatic rings. The first-order chi connectivity index (χ1) is 10.3. The summed E-state index contributed by atoms with van der Waals surface area (Å²) in [7, 11) is 0. The van der Waals surface area contributed by atoms with Gasteiger partial charge in [0, 0.05) is 30.7 Å². The number of benzene rings is 1. The molecule has 3 N–H and O–H groups in total. The molecule has 1 aliphatic carbocycles. The molecule has 1 aromatic rings. The standard InChI is InChI=1S/C17H24N2O2/c20-11-13-4-1-2-7-16(13)19-17(21)15-6-3-5-12-10-18-9-8-14(12)15/h3,5-6,13,16,18,20H,1-2,4,7-11H2,(H,19,21). The Morgan fingerprint density at radius 3 is 3.05 bits per heavy atom. The lowest BCUT2D eigenvalue weighted by Crippen LogP contribution is -2.44. The normalized spacial score (nSPS) is 25.2. The molecular formula is C17H24N2O2. The molecule has 0 aromatic heterocycles. The predicted molar refractivity (Wildman–Crippen MR) is 82.2 cm³/mol. The van der Waals surface area contributed by atoms with Crippen LogP contribution in [0.4, 0.5) is 0 Å². The van der Waals surface area contributed by atoms with Gasteiger partial charge in [0.15, 0.2) is 0 Å². The first-order valence-corrected chi connectivity index (χ1v) is 8.03. The molecule has 3 rings (SSSR count). The minimum absolute atomic E-state index is 0.0269. The lowest BCUT2D eigenvalue weighted by atomic mass is 9.84. The summed E-state index contributed by atoms with van der Waals surface area (Å²) in [5.74, 6) is 0.239. The molecule has 1 amide bonds. The molecular weight excluding hydrogens is 264 g/mol. The van der Waals surface area contributed by atoms with Gasteiger partial charge in [-0.15, -0.1) is 0 Å². The number of carbonyl (C=O) groups excluding carboxylic acids is 1. The molecule has 21 heavy (non-hydrogen) atoms. The maximum atomic E-state index is 12.6. The van der Waals surface area contributed by atoms with Crippen molar-refractivity contribution in [2.24, 2.45) is 5.92 Å². The highest BCUT2D eigenvalue weighted by molar-refractivity contribution is 5.96. The topological polar surface area (TPSA) is 61.4 Å². The Kier molecular flexibility index (Phi) is 4.56. The van der Waals surface area contributed by atoms with Gasteiger partial charge in [-0.2, -0.15) is 0 Å². The van der Waals surface area contributed by atoms with Crippen molar-refractivity contribution in [3.63, 3.8) is 0 Å². The fourth-order valence-corrected chi connectivity index (χ4v) is 3.61. The molecule has 1 aromatic carbocycles. The summed E-state index contributed by atoms with van der Waals surface area (Å²) in [5, 5.41) is 16.0. The summed E-state index contributed by atoms with van der Waals surface area (Å²) in [4.78, 5) is 12.6. The van der Waals surface area contributed by atoms with Gasteiger partial charge < -0.3 is 15.7 Å². The second kappa shape index (κ2) is 6.58. The average Bonchev–Trinajstić information content (AvgIpc) is 2.54. The van der Waals surface area contributed by atoms with E-state index in [1.807, 2.05) is 12.1 Å². The first-order valence-electron chi connectivity index (χ1n) is 8.03. The zero-order valence-electron chi connectivity index (χ0n) is 12.4. The summed E-state index contributed by atoms with van der Waals surface area (Å²) >= 11 is 0. The summed E-state index contributed by atoms with van der Waals surface area (Å²) in [6.45, 7) is 1.95. The highest BCUT2D eigenvalue weighted by Crippen LogP contribution is 2.25. The van der Waals surface area contributed by atoms with Gasteiger partial charge in [0.1, 0.15) is 0 Å². The van der Waals surface area contributed by atoms with E-state index in [9.17, 15) is 9.90 Å². The third-order valence-electron chi connectivity index (χ3n) is 4.84. The molecule has 2 atom stereocenters. The van der Waals surface area contributed by atoms with Crippen LogP contribution in [0, 0.1) is 5.92 Å². The van der Waals surface area contributed by atoms with E-state index in [1.54, 1.807) is 0 Å². The summed E-state index contributed by atoms with van der Waals surface area (Å²) in [6.07, 6.45) is 5.20. The van der Waals surface area contributed by atoms with E-state index in [2.05, 4.69) is 16.7 Å². The van der Waals surface area contributed by atoms with Gasteiger partial charge in [-0.05, 0) is 43.0 Å². The zero-order valence-corrected chi connectivity index (χ0v) is 12.4. The van der Waals surface area contributed by atoms with Crippen molar-refractivity contribution >= 4 is 5.91 Å². The monoisotopic (exact) mass is 288 g/mol. The molecule has 4 heteroatoms. The largest absolute Gasteiger partial charge is 0.396 e. The Balaban J connectivity index is 1.76. The Morgan fingerprint density at radius 1 is 1.33 bits per heavy atom. The summed E-state index contributed by atoms with van der Waals surface area (Å²) in [6, 6.07) is 6.10. The summed E-state index contributed by atoms with van der Waals surface area (Å²) < 4.78 is 0. The van der Waals surface area contributed by atoms with Crippen LogP contribution in [-0.2, 0) is 13.0 Å². The third-order valence-corrected chi connectivity index (χ3v) is 4.84. The Morgan fingerprint density at radius 2 is 2.19 bits per heavy atom. The predicted octanol–water partition coefficient (Wildman–Crippen LogP) is 1.61. The number of aliphatic hydroxyl groups is 1. The van der Waals surface area contributed by atoms with Crippen LogP contribution in [0.25, 0.3) is 0 Å². The number of nitrogens with one attached hydrogen (secondary N) is 2. The molecule has 1 saturated carbocycles. The third kappa shape index (κ3) is 3.11. The Hall–Kier alpha value is -1.39. The number of hydrogen-bond acceptors (Lipinski definition) is 3. The highest BCUT2D eigenvalue weighted by Gasteiger charge is 2.27. The van der Waals surface area contributed by atoms with E-state index in [0.717, 1.165) is 50.8 Å². The molecule has 0 saturated heterocycles. The second-order valence-corrected chi connectivity index (χ2v) is 6.18. The van der Waals surface area contributed by atoms with Gasteiger partial charge in [0.2, 0.25) is 0 Å². The Bertz CT molecular complexity index is 516. The van der Waals surface area contributed by atoms with Crippen LogP contribution >= 0.6 is 0 Å². The SMILES string of the molecule is O=C(NC1CCCCC1CO)c1cccc2c1CCNC2. The molecule has 4 nitrogen and oxygen atoms in total. The number of rotatable bonds is 3. The van der Waals surface area contributed by atoms with E-state index >= 15 is 0 Å². The van der Waals surface area contributed by atoms with Gasteiger partial charge in [0.05, 0.1) is 0 Å². The van der Waals surface area contributed by atoms with Crippen molar-refractivity contribution < 1.29 is 9.90 Å². The lowest BCUT2D eigenvalue weighted by Gasteiger charge is -2.31. The fourth-order valence-electron chi connectivity index (χ4n) is 3.61. The van der Waals surface area contributed by atoms with Crippen molar-refractivity contribution in [1.29, 1.82) is 0 Å². The van der Waals surface area contributed by atoms with Gasteiger partial charge in [0.25, 0.3) is 5.91 Å². The molecule has 1 heterocycles. The molecule has 0 spiro atoms. The number of aliphatic hydroxyl groups excluding tert-OH is 1. The van der Waals surface area contributed by atoms with Crippen LogP contribution in [0.3, 0.4) is 0 Å². The van der Waals surface area contributed by atoms with Gasteiger partial charge in [-0.25, -0.2) is 0 Å². The van der Waals surface area contributed by atoms with E-state index in [-0.39, 0.29) is 24.5 Å².